The first-order chi connectivity index (χ1) is 8.15. The Hall–Kier alpha value is -1.88. The molecular formula is C12H18N4O. The molecule has 1 rings (SSSR count). The summed E-state index contributed by atoms with van der Waals surface area (Å²) in [6.45, 7) is 4.44. The molecule has 2 N–H and O–H groups in total. The number of aromatic nitrogens is 1. The number of hydrogen-bond acceptors (Lipinski definition) is 4. The topological polar surface area (TPSA) is 57.3 Å². The number of anilines is 2. The van der Waals surface area contributed by atoms with Crippen molar-refractivity contribution in [1.82, 2.24) is 10.3 Å². The van der Waals surface area contributed by atoms with Gasteiger partial charge in [0.1, 0.15) is 0 Å². The smallest absolute Gasteiger partial charge is 0.238 e. The lowest BCUT2D eigenvalue weighted by molar-refractivity contribution is -0.115. The van der Waals surface area contributed by atoms with Crippen LogP contribution in [0, 0.1) is 0 Å². The van der Waals surface area contributed by atoms with Gasteiger partial charge in [-0.3, -0.25) is 4.79 Å². The summed E-state index contributed by atoms with van der Waals surface area (Å²) in [7, 11) is 3.77. The highest BCUT2D eigenvalue weighted by Gasteiger charge is 2.08. The Bertz CT molecular complexity index is 390. The fourth-order valence-corrected chi connectivity index (χ4v) is 1.33. The van der Waals surface area contributed by atoms with Gasteiger partial charge in [-0.1, -0.05) is 6.08 Å². The lowest BCUT2D eigenvalue weighted by Crippen LogP contribution is -2.28. The minimum atomic E-state index is -0.0945. The Labute approximate surface area is 102 Å². The lowest BCUT2D eigenvalue weighted by atomic mass is 10.3. The van der Waals surface area contributed by atoms with Gasteiger partial charge in [-0.15, -0.1) is 6.58 Å². The second-order valence-electron chi connectivity index (χ2n) is 3.74. The van der Waals surface area contributed by atoms with Gasteiger partial charge in [0.05, 0.1) is 12.2 Å². The second kappa shape index (κ2) is 6.65. The van der Waals surface area contributed by atoms with Crippen molar-refractivity contribution < 1.29 is 4.79 Å². The molecule has 0 aliphatic carbocycles. The molecule has 0 fully saturated rings. The van der Waals surface area contributed by atoms with Crippen molar-refractivity contribution in [3.8, 4) is 0 Å². The summed E-state index contributed by atoms with van der Waals surface area (Å²) in [6, 6.07) is 3.62. The molecule has 0 atom stereocenters. The van der Waals surface area contributed by atoms with Crippen LogP contribution in [0.1, 0.15) is 0 Å². The van der Waals surface area contributed by atoms with Gasteiger partial charge in [-0.25, -0.2) is 4.98 Å². The Morgan fingerprint density at radius 3 is 3.00 bits per heavy atom. The molecule has 0 saturated carbocycles. The average molecular weight is 234 g/mol. The summed E-state index contributed by atoms with van der Waals surface area (Å²) in [4.78, 5) is 17.7. The van der Waals surface area contributed by atoms with Gasteiger partial charge in [0.15, 0.2) is 5.82 Å². The number of pyridine rings is 1. The molecular weight excluding hydrogens is 216 g/mol. The highest BCUT2D eigenvalue weighted by Crippen LogP contribution is 2.19. The van der Waals surface area contributed by atoms with Crippen LogP contribution < -0.4 is 15.5 Å². The number of rotatable bonds is 6. The van der Waals surface area contributed by atoms with E-state index in [0.717, 1.165) is 5.82 Å². The summed E-state index contributed by atoms with van der Waals surface area (Å²) in [5.74, 6) is 0.646. The lowest BCUT2D eigenvalue weighted by Gasteiger charge is -2.16. The SMILES string of the molecule is C=CCNCC(=O)Nc1cccnc1N(C)C. The minimum Gasteiger partial charge on any atom is -0.361 e. The standard InChI is InChI=1S/C12H18N4O/c1-4-7-13-9-11(17)15-10-6-5-8-14-12(10)16(2)3/h4-6,8,13H,1,7,9H2,2-3H3,(H,15,17). The molecule has 5 nitrogen and oxygen atoms in total. The Morgan fingerprint density at radius 1 is 1.59 bits per heavy atom. The van der Waals surface area contributed by atoms with Crippen molar-refractivity contribution in [2.24, 2.45) is 0 Å². The molecule has 17 heavy (non-hydrogen) atoms. The zero-order valence-corrected chi connectivity index (χ0v) is 10.2. The van der Waals surface area contributed by atoms with Crippen LogP contribution in [0.25, 0.3) is 0 Å². The number of hydrogen-bond donors (Lipinski definition) is 2. The summed E-state index contributed by atoms with van der Waals surface area (Å²) >= 11 is 0. The molecule has 0 spiro atoms. The van der Waals surface area contributed by atoms with Gasteiger partial charge in [-0.2, -0.15) is 0 Å². The van der Waals surface area contributed by atoms with Gasteiger partial charge in [0.2, 0.25) is 5.91 Å². The fraction of sp³-hybridized carbons (Fsp3) is 0.333. The summed E-state index contributed by atoms with van der Waals surface area (Å²) in [5, 5.41) is 5.75. The van der Waals surface area contributed by atoms with Crippen molar-refractivity contribution >= 4 is 17.4 Å². The maximum Gasteiger partial charge on any atom is 0.238 e. The molecule has 1 aromatic rings. The zero-order chi connectivity index (χ0) is 12.7. The molecule has 0 bridgehead atoms. The van der Waals surface area contributed by atoms with E-state index in [0.29, 0.717) is 12.2 Å². The molecule has 1 aromatic heterocycles. The molecule has 0 saturated heterocycles. The first-order valence-corrected chi connectivity index (χ1v) is 5.39. The largest absolute Gasteiger partial charge is 0.361 e. The first kappa shape index (κ1) is 13.2. The predicted molar refractivity (Wildman–Crippen MR) is 70.3 cm³/mol. The van der Waals surface area contributed by atoms with E-state index in [1.807, 2.05) is 25.1 Å². The number of carbonyl (C=O) groups excluding carboxylic acids is 1. The van der Waals surface area contributed by atoms with Crippen LogP contribution in [0.5, 0.6) is 0 Å². The summed E-state index contributed by atoms with van der Waals surface area (Å²) in [6.07, 6.45) is 3.41. The third-order valence-corrected chi connectivity index (χ3v) is 2.06. The van der Waals surface area contributed by atoms with Crippen molar-refractivity contribution in [3.63, 3.8) is 0 Å². The van der Waals surface area contributed by atoms with Crippen LogP contribution in [0.15, 0.2) is 31.0 Å². The van der Waals surface area contributed by atoms with Gasteiger partial charge in [0, 0.05) is 26.8 Å². The Balaban J connectivity index is 2.61. The molecule has 1 heterocycles. The molecule has 0 aliphatic heterocycles. The van der Waals surface area contributed by atoms with Crippen LogP contribution in [-0.2, 0) is 4.79 Å². The molecule has 5 heteroatoms. The third kappa shape index (κ3) is 4.24. The van der Waals surface area contributed by atoms with Gasteiger partial charge in [0.25, 0.3) is 0 Å². The van der Waals surface area contributed by atoms with Gasteiger partial charge in [-0.05, 0) is 12.1 Å². The summed E-state index contributed by atoms with van der Waals surface area (Å²) < 4.78 is 0. The van der Waals surface area contributed by atoms with Crippen molar-refractivity contribution in [1.29, 1.82) is 0 Å². The van der Waals surface area contributed by atoms with E-state index in [1.165, 1.54) is 0 Å². The van der Waals surface area contributed by atoms with Crippen LogP contribution >= 0.6 is 0 Å². The maximum atomic E-state index is 11.6. The van der Waals surface area contributed by atoms with Crippen molar-refractivity contribution in [3.05, 3.63) is 31.0 Å². The number of nitrogens with zero attached hydrogens (tertiary/aromatic N) is 2. The molecule has 0 aliphatic rings. The molecule has 0 unspecified atom stereocenters. The van der Waals surface area contributed by atoms with E-state index in [-0.39, 0.29) is 12.5 Å². The van der Waals surface area contributed by atoms with E-state index < -0.39 is 0 Å². The van der Waals surface area contributed by atoms with Crippen LogP contribution in [-0.4, -0.2) is 38.1 Å². The van der Waals surface area contributed by atoms with Crippen LogP contribution in [0.4, 0.5) is 11.5 Å². The predicted octanol–water partition coefficient (Wildman–Crippen LogP) is 0.862. The van der Waals surface area contributed by atoms with E-state index in [9.17, 15) is 4.79 Å². The van der Waals surface area contributed by atoms with Crippen LogP contribution in [0.3, 0.4) is 0 Å². The molecule has 92 valence electrons. The van der Waals surface area contributed by atoms with Crippen molar-refractivity contribution in [2.75, 3.05) is 37.4 Å². The number of amides is 1. The summed E-state index contributed by atoms with van der Waals surface area (Å²) in [5.41, 5.74) is 0.711. The highest BCUT2D eigenvalue weighted by atomic mass is 16.1. The van der Waals surface area contributed by atoms with E-state index >= 15 is 0 Å². The second-order valence-corrected chi connectivity index (χ2v) is 3.74. The fourth-order valence-electron chi connectivity index (χ4n) is 1.33. The van der Waals surface area contributed by atoms with E-state index in [4.69, 9.17) is 0 Å². The van der Waals surface area contributed by atoms with Crippen LogP contribution in [0.2, 0.25) is 0 Å². The Kier molecular flexibility index (Phi) is 5.16. The van der Waals surface area contributed by atoms with E-state index in [1.54, 1.807) is 18.3 Å². The zero-order valence-electron chi connectivity index (χ0n) is 10.2. The quantitative estimate of drug-likeness (QED) is 0.566. The monoisotopic (exact) mass is 234 g/mol. The number of nitrogens with one attached hydrogen (secondary N) is 2. The third-order valence-electron chi connectivity index (χ3n) is 2.06. The Morgan fingerprint density at radius 2 is 2.35 bits per heavy atom. The van der Waals surface area contributed by atoms with E-state index in [2.05, 4.69) is 22.2 Å². The molecule has 0 aromatic carbocycles. The number of carbonyl (C=O) groups is 1. The maximum absolute atomic E-state index is 11.6. The first-order valence-electron chi connectivity index (χ1n) is 5.39. The van der Waals surface area contributed by atoms with Gasteiger partial charge < -0.3 is 15.5 Å². The molecule has 0 radical (unpaired) electrons. The van der Waals surface area contributed by atoms with Crippen molar-refractivity contribution in [2.45, 2.75) is 0 Å². The molecule has 1 amide bonds. The normalized spacial score (nSPS) is 9.76. The van der Waals surface area contributed by atoms with Gasteiger partial charge >= 0.3 is 0 Å². The highest BCUT2D eigenvalue weighted by molar-refractivity contribution is 5.94. The average Bonchev–Trinajstić information content (AvgIpc) is 2.29. The minimum absolute atomic E-state index is 0.0945.